The first kappa shape index (κ1) is 47.0. The lowest BCUT2D eigenvalue weighted by Crippen LogP contribution is -2.45. The van der Waals surface area contributed by atoms with E-state index in [0.717, 1.165) is 55.0 Å². The fourth-order valence-corrected chi connectivity index (χ4v) is 7.40. The van der Waals surface area contributed by atoms with Crippen LogP contribution in [0, 0.1) is 5.41 Å². The summed E-state index contributed by atoms with van der Waals surface area (Å²) in [6.07, 6.45) is 9.29. The fraction of sp³-hybridized carbons (Fsp3) is 0.548. The van der Waals surface area contributed by atoms with Crippen LogP contribution >= 0.6 is 11.3 Å². The monoisotopic (exact) mass is 836 g/mol. The third kappa shape index (κ3) is 16.9. The lowest BCUT2D eigenvalue weighted by atomic mass is 9.70. The van der Waals surface area contributed by atoms with E-state index in [4.69, 9.17) is 19.2 Å². The molecule has 3 aromatic rings. The Labute approximate surface area is 350 Å². The largest absolute Gasteiger partial charge is 0.378 e. The Morgan fingerprint density at radius 2 is 1.63 bits per heavy atom. The molecule has 2 heterocycles. The van der Waals surface area contributed by atoms with Crippen molar-refractivity contribution in [2.24, 2.45) is 5.41 Å². The Morgan fingerprint density at radius 1 is 0.898 bits per heavy atom. The second-order valence-corrected chi connectivity index (χ2v) is 15.5. The maximum absolute atomic E-state index is 13.5. The molecule has 5 N–H and O–H groups in total. The van der Waals surface area contributed by atoms with E-state index in [1.165, 1.54) is 11.3 Å². The number of carbonyl (C=O) groups excluding carboxylic acids is 5. The summed E-state index contributed by atoms with van der Waals surface area (Å²) < 4.78 is 16.9. The zero-order valence-corrected chi connectivity index (χ0v) is 35.1. The van der Waals surface area contributed by atoms with Gasteiger partial charge in [-0.15, -0.1) is 11.3 Å². The summed E-state index contributed by atoms with van der Waals surface area (Å²) in [4.78, 5) is 71.2. The number of anilines is 3. The van der Waals surface area contributed by atoms with Crippen molar-refractivity contribution >= 4 is 58.4 Å². The number of pyridine rings is 1. The SMILES string of the molecule is CC(CCC(=O)NC=O)N(C)Cc1c(C=O)cccc1NC(=O)CCNCCOCCOCCOCCNC(=O)C1(Cc2cccc(Nc3nccs3)n2)CCCCC1. The van der Waals surface area contributed by atoms with Crippen LogP contribution < -0.4 is 26.6 Å². The zero-order valence-electron chi connectivity index (χ0n) is 34.3. The van der Waals surface area contributed by atoms with Crippen LogP contribution in [0.15, 0.2) is 48.0 Å². The predicted octanol–water partition coefficient (Wildman–Crippen LogP) is 4.24. The summed E-state index contributed by atoms with van der Waals surface area (Å²) in [5, 5.41) is 17.3. The molecule has 1 aromatic carbocycles. The molecule has 0 radical (unpaired) electrons. The molecular weight excluding hydrogens is 777 g/mol. The van der Waals surface area contributed by atoms with E-state index in [2.05, 4.69) is 31.6 Å². The standard InChI is InChI=1S/C42H60N8O8S/c1-32(12-13-38(53)46-31-52)50(2)29-35-33(30-51)8-6-10-36(35)48-39(54)14-17-43-18-21-56-23-25-58-26-24-57-22-19-44-40(55)42(15-4-3-5-16-42)28-34-9-7-11-37(47-34)49-41-45-20-27-59-41/h6-11,20,27,30-32,43H,3-5,12-19,21-26,28-29H2,1-2H3,(H,44,55)(H,48,54)(H,45,47,49)(H,46,52,53). The van der Waals surface area contributed by atoms with E-state index < -0.39 is 5.41 Å². The second-order valence-electron chi connectivity index (χ2n) is 14.6. The Kier molecular flexibility index (Phi) is 21.1. The van der Waals surface area contributed by atoms with Crippen LogP contribution in [-0.4, -0.2) is 118 Å². The van der Waals surface area contributed by atoms with Crippen LogP contribution in [0.3, 0.4) is 0 Å². The van der Waals surface area contributed by atoms with Crippen molar-refractivity contribution < 1.29 is 38.2 Å². The lowest BCUT2D eigenvalue weighted by Gasteiger charge is -2.35. The van der Waals surface area contributed by atoms with Gasteiger partial charge in [0.2, 0.25) is 24.1 Å². The number of imide groups is 1. The summed E-state index contributed by atoms with van der Waals surface area (Å²) in [5.74, 6) is 0.252. The van der Waals surface area contributed by atoms with Gasteiger partial charge in [0.25, 0.3) is 0 Å². The zero-order chi connectivity index (χ0) is 42.1. The molecule has 2 aromatic heterocycles. The van der Waals surface area contributed by atoms with Crippen LogP contribution in [0.2, 0.25) is 0 Å². The number of carbonyl (C=O) groups is 5. The summed E-state index contributed by atoms with van der Waals surface area (Å²) in [6, 6.07) is 11.0. The fourth-order valence-electron chi connectivity index (χ4n) is 6.86. The van der Waals surface area contributed by atoms with Crippen molar-refractivity contribution in [3.8, 4) is 0 Å². The van der Waals surface area contributed by atoms with Gasteiger partial charge in [0, 0.05) is 85.6 Å². The number of thiazole rings is 1. The molecule has 1 saturated carbocycles. The first-order valence-corrected chi connectivity index (χ1v) is 21.3. The van der Waals surface area contributed by atoms with Gasteiger partial charge in [-0.2, -0.15) is 0 Å². The minimum Gasteiger partial charge on any atom is -0.378 e. The molecule has 1 aliphatic rings. The highest BCUT2D eigenvalue weighted by molar-refractivity contribution is 7.13. The van der Waals surface area contributed by atoms with Gasteiger partial charge in [0.05, 0.1) is 45.1 Å². The molecule has 17 heteroatoms. The normalized spacial score (nSPS) is 14.0. The maximum atomic E-state index is 13.5. The number of aromatic nitrogens is 2. The number of ether oxygens (including phenoxy) is 3. The van der Waals surface area contributed by atoms with Gasteiger partial charge in [0.15, 0.2) is 5.13 Å². The molecule has 0 saturated heterocycles. The van der Waals surface area contributed by atoms with Crippen molar-refractivity contribution in [1.29, 1.82) is 0 Å². The molecule has 1 fully saturated rings. The highest BCUT2D eigenvalue weighted by atomic mass is 32.1. The van der Waals surface area contributed by atoms with Crippen molar-refractivity contribution in [1.82, 2.24) is 30.8 Å². The Bertz CT molecular complexity index is 1740. The van der Waals surface area contributed by atoms with Gasteiger partial charge in [0.1, 0.15) is 12.1 Å². The number of nitrogens with one attached hydrogen (secondary N) is 5. The summed E-state index contributed by atoms with van der Waals surface area (Å²) >= 11 is 1.51. The number of hydrogen-bond acceptors (Lipinski definition) is 14. The van der Waals surface area contributed by atoms with Crippen molar-refractivity contribution in [2.75, 3.05) is 77.0 Å². The van der Waals surface area contributed by atoms with Crippen LogP contribution in [0.4, 0.5) is 16.6 Å². The molecular formula is C42H60N8O8S. The molecule has 0 bridgehead atoms. The number of aldehydes is 1. The van der Waals surface area contributed by atoms with Gasteiger partial charge in [-0.25, -0.2) is 9.97 Å². The topological polar surface area (TPSA) is 202 Å². The third-order valence-electron chi connectivity index (χ3n) is 10.3. The van der Waals surface area contributed by atoms with Crippen LogP contribution in [-0.2, 0) is 46.4 Å². The highest BCUT2D eigenvalue weighted by Crippen LogP contribution is 2.39. The Balaban J connectivity index is 1.02. The highest BCUT2D eigenvalue weighted by Gasteiger charge is 2.39. The van der Waals surface area contributed by atoms with E-state index in [0.29, 0.717) is 102 Å². The minimum absolute atomic E-state index is 0.0161. The second kappa shape index (κ2) is 26.4. The van der Waals surface area contributed by atoms with Gasteiger partial charge < -0.3 is 35.5 Å². The van der Waals surface area contributed by atoms with Crippen molar-refractivity contribution in [3.05, 3.63) is 64.8 Å². The number of amides is 4. The number of benzene rings is 1. The molecule has 16 nitrogen and oxygen atoms in total. The lowest BCUT2D eigenvalue weighted by molar-refractivity contribution is -0.133. The molecule has 1 atom stereocenters. The third-order valence-corrected chi connectivity index (χ3v) is 11.0. The quantitative estimate of drug-likeness (QED) is 0.0492. The average molecular weight is 837 g/mol. The molecule has 4 amide bonds. The molecule has 4 rings (SSSR count). The first-order valence-electron chi connectivity index (χ1n) is 20.4. The Morgan fingerprint density at radius 3 is 2.34 bits per heavy atom. The molecule has 322 valence electrons. The number of rotatable bonds is 29. The number of nitrogens with zero attached hydrogens (tertiary/aromatic N) is 3. The minimum atomic E-state index is -0.476. The predicted molar refractivity (Wildman–Crippen MR) is 227 cm³/mol. The van der Waals surface area contributed by atoms with Gasteiger partial charge in [-0.05, 0) is 51.4 Å². The van der Waals surface area contributed by atoms with E-state index in [-0.39, 0.29) is 36.6 Å². The van der Waals surface area contributed by atoms with Crippen molar-refractivity contribution in [2.45, 2.75) is 77.3 Å². The van der Waals surface area contributed by atoms with E-state index >= 15 is 0 Å². The molecule has 1 unspecified atom stereocenters. The summed E-state index contributed by atoms with van der Waals surface area (Å²) in [7, 11) is 1.88. The van der Waals surface area contributed by atoms with Crippen LogP contribution in [0.25, 0.3) is 0 Å². The van der Waals surface area contributed by atoms with Gasteiger partial charge in [-0.3, -0.25) is 34.2 Å². The molecule has 0 spiro atoms. The average Bonchev–Trinajstić information content (AvgIpc) is 3.75. The van der Waals surface area contributed by atoms with Gasteiger partial charge >= 0.3 is 0 Å². The van der Waals surface area contributed by atoms with Gasteiger partial charge in [-0.1, -0.05) is 37.5 Å². The van der Waals surface area contributed by atoms with Crippen LogP contribution in [0.1, 0.15) is 79.9 Å². The first-order chi connectivity index (χ1) is 28.7. The van der Waals surface area contributed by atoms with Crippen molar-refractivity contribution in [3.63, 3.8) is 0 Å². The Hall–Kier alpha value is -4.65. The smallest absolute Gasteiger partial charge is 0.226 e. The molecule has 1 aliphatic carbocycles. The number of hydrogen-bond donors (Lipinski definition) is 5. The summed E-state index contributed by atoms with van der Waals surface area (Å²) in [6.45, 7) is 6.31. The molecule has 59 heavy (non-hydrogen) atoms. The van der Waals surface area contributed by atoms with E-state index in [1.54, 1.807) is 24.4 Å². The van der Waals surface area contributed by atoms with E-state index in [9.17, 15) is 24.0 Å². The maximum Gasteiger partial charge on any atom is 0.226 e. The van der Waals surface area contributed by atoms with Crippen LogP contribution in [0.5, 0.6) is 0 Å². The van der Waals surface area contributed by atoms with E-state index in [1.807, 2.05) is 42.5 Å². The summed E-state index contributed by atoms with van der Waals surface area (Å²) in [5.41, 5.74) is 2.15. The molecule has 0 aliphatic heterocycles.